The van der Waals surface area contributed by atoms with E-state index in [0.29, 0.717) is 36.3 Å². The normalized spacial score (nSPS) is 15.0. The fraction of sp³-hybridized carbons (Fsp3) is 0.240. The SMILES string of the molecule is O=C(c1nn2c(C(F)(F)F)cc(-c3ccc(Br)cc3)nc2c1Cl)N1CC[NH+](Cc2ccccc2)CC1. The Morgan fingerprint density at radius 1 is 1.06 bits per heavy atom. The largest absolute Gasteiger partial charge is 0.433 e. The van der Waals surface area contributed by atoms with Crippen LogP contribution in [0, 0.1) is 0 Å². The topological polar surface area (TPSA) is 54.9 Å². The maximum Gasteiger partial charge on any atom is 0.433 e. The number of hydrogen-bond donors (Lipinski definition) is 1. The molecule has 1 aliphatic heterocycles. The van der Waals surface area contributed by atoms with Gasteiger partial charge in [-0.1, -0.05) is 70.0 Å². The molecule has 6 nitrogen and oxygen atoms in total. The first-order valence-corrected chi connectivity index (χ1v) is 12.5. The number of aromatic nitrogens is 3. The predicted molar refractivity (Wildman–Crippen MR) is 133 cm³/mol. The zero-order chi connectivity index (χ0) is 25.4. The summed E-state index contributed by atoms with van der Waals surface area (Å²) in [7, 11) is 0. The lowest BCUT2D eigenvalue weighted by molar-refractivity contribution is -0.917. The van der Waals surface area contributed by atoms with Crippen molar-refractivity contribution in [2.75, 3.05) is 26.2 Å². The van der Waals surface area contributed by atoms with Crippen LogP contribution in [0.25, 0.3) is 16.9 Å². The highest BCUT2D eigenvalue weighted by atomic mass is 79.9. The maximum absolute atomic E-state index is 14.0. The van der Waals surface area contributed by atoms with Crippen molar-refractivity contribution in [3.8, 4) is 11.3 Å². The number of benzene rings is 2. The highest BCUT2D eigenvalue weighted by Gasteiger charge is 2.37. The fourth-order valence-electron chi connectivity index (χ4n) is 4.34. The van der Waals surface area contributed by atoms with E-state index in [-0.39, 0.29) is 22.1 Å². The van der Waals surface area contributed by atoms with Crippen molar-refractivity contribution >= 4 is 39.1 Å². The molecule has 2 aromatic heterocycles. The van der Waals surface area contributed by atoms with Crippen LogP contribution in [0.4, 0.5) is 13.2 Å². The van der Waals surface area contributed by atoms with Gasteiger partial charge in [-0.2, -0.15) is 18.3 Å². The van der Waals surface area contributed by atoms with Crippen LogP contribution >= 0.6 is 27.5 Å². The lowest BCUT2D eigenvalue weighted by Crippen LogP contribution is -3.13. The standard InChI is InChI=1S/C25H20BrClF3N5O/c26-18-8-6-17(7-9-18)19-14-20(25(28,29)30)35-23(31-19)21(27)22(32-35)24(36)34-12-10-33(11-13-34)15-16-4-2-1-3-5-16/h1-9,14H,10-13,15H2/p+1. The van der Waals surface area contributed by atoms with Gasteiger partial charge in [-0.15, -0.1) is 0 Å². The summed E-state index contributed by atoms with van der Waals surface area (Å²) in [5.41, 5.74) is 0.289. The molecule has 1 aliphatic rings. The summed E-state index contributed by atoms with van der Waals surface area (Å²) in [6.07, 6.45) is -4.73. The number of amides is 1. The maximum atomic E-state index is 14.0. The first-order chi connectivity index (χ1) is 17.2. The van der Waals surface area contributed by atoms with Gasteiger partial charge in [0.1, 0.15) is 11.6 Å². The minimum atomic E-state index is -4.73. The van der Waals surface area contributed by atoms with Crippen molar-refractivity contribution in [3.05, 3.63) is 87.1 Å². The lowest BCUT2D eigenvalue weighted by atomic mass is 10.1. The molecule has 186 valence electrons. The Balaban J connectivity index is 1.43. The van der Waals surface area contributed by atoms with Crippen molar-refractivity contribution in [3.63, 3.8) is 0 Å². The van der Waals surface area contributed by atoms with Gasteiger partial charge in [0, 0.05) is 15.6 Å². The van der Waals surface area contributed by atoms with Crippen molar-refractivity contribution in [2.45, 2.75) is 12.7 Å². The molecule has 1 N–H and O–H groups in total. The van der Waals surface area contributed by atoms with Crippen LogP contribution in [-0.4, -0.2) is 51.6 Å². The van der Waals surface area contributed by atoms with Gasteiger partial charge in [-0.25, -0.2) is 9.50 Å². The van der Waals surface area contributed by atoms with Crippen LogP contribution in [-0.2, 0) is 12.7 Å². The summed E-state index contributed by atoms with van der Waals surface area (Å²) < 4.78 is 43.3. The number of piperazine rings is 1. The summed E-state index contributed by atoms with van der Waals surface area (Å²) >= 11 is 9.75. The molecule has 0 aliphatic carbocycles. The quantitative estimate of drug-likeness (QED) is 0.391. The molecule has 0 bridgehead atoms. The Morgan fingerprint density at radius 2 is 1.72 bits per heavy atom. The molecule has 1 fully saturated rings. The first kappa shape index (κ1) is 24.7. The fourth-order valence-corrected chi connectivity index (χ4v) is 4.84. The van der Waals surface area contributed by atoms with Crippen LogP contribution in [0.5, 0.6) is 0 Å². The van der Waals surface area contributed by atoms with Gasteiger partial charge >= 0.3 is 6.18 Å². The number of fused-ring (bicyclic) bond motifs is 1. The van der Waals surface area contributed by atoms with E-state index in [9.17, 15) is 18.0 Å². The number of carbonyl (C=O) groups is 1. The minimum absolute atomic E-state index is 0.0845. The molecule has 4 aromatic rings. The van der Waals surface area contributed by atoms with Crippen molar-refractivity contribution < 1.29 is 22.9 Å². The highest BCUT2D eigenvalue weighted by Crippen LogP contribution is 2.35. The first-order valence-electron chi connectivity index (χ1n) is 11.3. The van der Waals surface area contributed by atoms with Gasteiger partial charge in [-0.05, 0) is 18.2 Å². The van der Waals surface area contributed by atoms with Crippen LogP contribution in [0.2, 0.25) is 5.02 Å². The van der Waals surface area contributed by atoms with E-state index in [0.717, 1.165) is 17.1 Å². The molecule has 1 saturated heterocycles. The third-order valence-electron chi connectivity index (χ3n) is 6.22. The van der Waals surface area contributed by atoms with Gasteiger partial charge in [0.15, 0.2) is 17.0 Å². The second-order valence-corrected chi connectivity index (χ2v) is 9.93. The van der Waals surface area contributed by atoms with Gasteiger partial charge in [0.25, 0.3) is 5.91 Å². The predicted octanol–water partition coefficient (Wildman–Crippen LogP) is 4.37. The van der Waals surface area contributed by atoms with Gasteiger partial charge < -0.3 is 9.80 Å². The highest BCUT2D eigenvalue weighted by molar-refractivity contribution is 9.10. The Bertz CT molecular complexity index is 1400. The van der Waals surface area contributed by atoms with E-state index >= 15 is 0 Å². The number of carbonyl (C=O) groups excluding carboxylic acids is 1. The zero-order valence-electron chi connectivity index (χ0n) is 18.9. The van der Waals surface area contributed by atoms with Crippen molar-refractivity contribution in [1.29, 1.82) is 0 Å². The number of nitrogens with zero attached hydrogens (tertiary/aromatic N) is 4. The molecular formula is C25H21BrClF3N5O+. The minimum Gasteiger partial charge on any atom is -0.328 e. The van der Waals surface area contributed by atoms with E-state index in [1.165, 1.54) is 10.5 Å². The average molecular weight is 580 g/mol. The molecule has 3 heterocycles. The second kappa shape index (κ2) is 9.84. The molecule has 0 unspecified atom stereocenters. The van der Waals surface area contributed by atoms with Crippen LogP contribution < -0.4 is 4.90 Å². The Labute approximate surface area is 218 Å². The summed E-state index contributed by atoms with van der Waals surface area (Å²) in [5.74, 6) is -0.498. The van der Waals surface area contributed by atoms with Crippen LogP contribution in [0.15, 0.2) is 65.1 Å². The van der Waals surface area contributed by atoms with Crippen LogP contribution in [0.3, 0.4) is 0 Å². The molecule has 0 spiro atoms. The van der Waals surface area contributed by atoms with E-state index in [2.05, 4.69) is 38.1 Å². The number of rotatable bonds is 4. The average Bonchev–Trinajstić information content (AvgIpc) is 3.20. The second-order valence-electron chi connectivity index (χ2n) is 8.63. The van der Waals surface area contributed by atoms with Gasteiger partial charge in [-0.3, -0.25) is 4.79 Å². The van der Waals surface area contributed by atoms with Crippen LogP contribution in [0.1, 0.15) is 21.7 Å². The molecule has 0 atom stereocenters. The molecule has 2 aromatic carbocycles. The number of quaternary nitrogens is 1. The molecule has 5 rings (SSSR count). The number of halogens is 5. The van der Waals surface area contributed by atoms with E-state index < -0.39 is 17.8 Å². The molecule has 0 radical (unpaired) electrons. The van der Waals surface area contributed by atoms with E-state index in [1.807, 2.05) is 18.2 Å². The van der Waals surface area contributed by atoms with Gasteiger partial charge in [0.05, 0.1) is 31.9 Å². The molecule has 0 saturated carbocycles. The molecule has 11 heteroatoms. The number of nitrogens with one attached hydrogen (secondary N) is 1. The Kier molecular flexibility index (Phi) is 6.76. The smallest absolute Gasteiger partial charge is 0.328 e. The summed E-state index contributed by atoms with van der Waals surface area (Å²) in [4.78, 5) is 20.5. The monoisotopic (exact) mass is 578 g/mol. The third kappa shape index (κ3) is 4.98. The lowest BCUT2D eigenvalue weighted by Gasteiger charge is -2.31. The van der Waals surface area contributed by atoms with E-state index in [4.69, 9.17) is 11.6 Å². The zero-order valence-corrected chi connectivity index (χ0v) is 21.2. The van der Waals surface area contributed by atoms with Crippen molar-refractivity contribution in [2.24, 2.45) is 0 Å². The number of hydrogen-bond acceptors (Lipinski definition) is 3. The van der Waals surface area contributed by atoms with Gasteiger partial charge in [0.2, 0.25) is 0 Å². The van der Waals surface area contributed by atoms with E-state index in [1.54, 1.807) is 29.2 Å². The number of alkyl halides is 3. The molecular weight excluding hydrogens is 559 g/mol. The Morgan fingerprint density at radius 3 is 2.36 bits per heavy atom. The molecule has 36 heavy (non-hydrogen) atoms. The van der Waals surface area contributed by atoms with Crippen molar-refractivity contribution in [1.82, 2.24) is 19.5 Å². The Hall–Kier alpha value is -2.95. The third-order valence-corrected chi connectivity index (χ3v) is 7.10. The summed E-state index contributed by atoms with van der Waals surface area (Å²) in [5, 5.41) is 3.79. The summed E-state index contributed by atoms with van der Waals surface area (Å²) in [6, 6.07) is 17.7. The molecule has 1 amide bonds. The summed E-state index contributed by atoms with van der Waals surface area (Å²) in [6.45, 7) is 3.18.